The lowest BCUT2D eigenvalue weighted by Crippen LogP contribution is -2.50. The number of hydrogen-bond acceptors (Lipinski definition) is 6. The molecule has 0 aliphatic carbocycles. The maximum Gasteiger partial charge on any atom is 0.269 e. The van der Waals surface area contributed by atoms with Crippen molar-refractivity contribution < 1.29 is 14.5 Å². The number of piperazine rings is 1. The summed E-state index contributed by atoms with van der Waals surface area (Å²) in [6, 6.07) is 12.3. The monoisotopic (exact) mass is 425 g/mol. The van der Waals surface area contributed by atoms with Crippen molar-refractivity contribution in [3.05, 3.63) is 63.7 Å². The van der Waals surface area contributed by atoms with E-state index >= 15 is 0 Å². The summed E-state index contributed by atoms with van der Waals surface area (Å²) in [4.78, 5) is 39.0. The van der Waals surface area contributed by atoms with Gasteiger partial charge in [-0.15, -0.1) is 0 Å². The lowest BCUT2D eigenvalue weighted by Gasteiger charge is -2.35. The van der Waals surface area contributed by atoms with Crippen LogP contribution in [0.3, 0.4) is 0 Å². The number of nitro groups is 1. The van der Waals surface area contributed by atoms with Crippen molar-refractivity contribution in [2.24, 2.45) is 0 Å². The summed E-state index contributed by atoms with van der Waals surface area (Å²) in [5, 5.41) is 16.3. The number of amides is 2. The van der Waals surface area contributed by atoms with Crippen LogP contribution in [0.4, 0.5) is 17.1 Å². The maximum absolute atomic E-state index is 12.2. The highest BCUT2D eigenvalue weighted by atomic mass is 16.6. The molecule has 0 aromatic heterocycles. The van der Waals surface area contributed by atoms with Crippen LogP contribution in [-0.4, -0.2) is 60.9 Å². The largest absolute Gasteiger partial charge is 0.369 e. The predicted octanol–water partition coefficient (Wildman–Crippen LogP) is 2.09. The standard InChI is InChI=1S/C22H27N5O4/c1-16-4-3-5-17(2)22(16)24-20(28)14-23-21(29)15-25-10-12-26(13-11-25)18-6-8-19(9-7-18)27(30)31/h3-9H,10-15H2,1-2H3,(H,23,29)(H,24,28). The second-order valence-corrected chi connectivity index (χ2v) is 7.63. The lowest BCUT2D eigenvalue weighted by molar-refractivity contribution is -0.384. The molecular weight excluding hydrogens is 398 g/mol. The molecule has 0 bridgehead atoms. The maximum atomic E-state index is 12.2. The van der Waals surface area contributed by atoms with Crippen molar-refractivity contribution >= 4 is 28.9 Å². The summed E-state index contributed by atoms with van der Waals surface area (Å²) >= 11 is 0. The third-order valence-corrected chi connectivity index (χ3v) is 5.36. The molecule has 1 fully saturated rings. The first-order valence-corrected chi connectivity index (χ1v) is 10.2. The van der Waals surface area contributed by atoms with Crippen molar-refractivity contribution in [1.29, 1.82) is 0 Å². The Balaban J connectivity index is 1.40. The lowest BCUT2D eigenvalue weighted by atomic mass is 10.1. The minimum absolute atomic E-state index is 0.0701. The van der Waals surface area contributed by atoms with E-state index in [1.165, 1.54) is 12.1 Å². The van der Waals surface area contributed by atoms with Gasteiger partial charge in [0.05, 0.1) is 18.0 Å². The van der Waals surface area contributed by atoms with Crippen LogP contribution in [0.25, 0.3) is 0 Å². The molecule has 0 atom stereocenters. The molecule has 1 heterocycles. The highest BCUT2D eigenvalue weighted by Gasteiger charge is 2.20. The molecule has 2 N–H and O–H groups in total. The van der Waals surface area contributed by atoms with Crippen LogP contribution in [0.15, 0.2) is 42.5 Å². The van der Waals surface area contributed by atoms with Crippen molar-refractivity contribution in [3.63, 3.8) is 0 Å². The molecule has 1 saturated heterocycles. The quantitative estimate of drug-likeness (QED) is 0.520. The minimum atomic E-state index is -0.414. The smallest absolute Gasteiger partial charge is 0.269 e. The van der Waals surface area contributed by atoms with Crippen LogP contribution in [0, 0.1) is 24.0 Å². The Labute approximate surface area is 181 Å². The molecule has 0 radical (unpaired) electrons. The Morgan fingerprint density at radius 3 is 2.16 bits per heavy atom. The van der Waals surface area contributed by atoms with E-state index in [0.717, 1.165) is 35.6 Å². The molecule has 2 aromatic rings. The number of nitrogens with one attached hydrogen (secondary N) is 2. The molecule has 3 rings (SSSR count). The summed E-state index contributed by atoms with van der Waals surface area (Å²) < 4.78 is 0. The molecule has 164 valence electrons. The Kier molecular flexibility index (Phi) is 7.19. The molecule has 1 aliphatic heterocycles. The zero-order chi connectivity index (χ0) is 22.4. The molecule has 2 amide bonds. The van der Waals surface area contributed by atoms with Crippen LogP contribution in [0.2, 0.25) is 0 Å². The van der Waals surface area contributed by atoms with Gasteiger partial charge >= 0.3 is 0 Å². The fourth-order valence-electron chi connectivity index (χ4n) is 3.58. The molecule has 9 heteroatoms. The number of carbonyl (C=O) groups is 2. The van der Waals surface area contributed by atoms with E-state index in [9.17, 15) is 19.7 Å². The van der Waals surface area contributed by atoms with E-state index in [2.05, 4.69) is 15.5 Å². The van der Waals surface area contributed by atoms with Crippen LogP contribution in [0.1, 0.15) is 11.1 Å². The number of anilines is 2. The first kappa shape index (κ1) is 22.2. The number of carbonyl (C=O) groups excluding carboxylic acids is 2. The molecule has 2 aromatic carbocycles. The van der Waals surface area contributed by atoms with Gasteiger partial charge in [0.25, 0.3) is 5.69 Å². The van der Waals surface area contributed by atoms with Gasteiger partial charge in [-0.3, -0.25) is 24.6 Å². The number of para-hydroxylation sites is 1. The van der Waals surface area contributed by atoms with Crippen molar-refractivity contribution in [2.45, 2.75) is 13.8 Å². The topological polar surface area (TPSA) is 108 Å². The van der Waals surface area contributed by atoms with Gasteiger partial charge in [0.2, 0.25) is 11.8 Å². The summed E-state index contributed by atoms with van der Waals surface area (Å²) in [6.45, 7) is 6.84. The van der Waals surface area contributed by atoms with Gasteiger partial charge in [0, 0.05) is 49.7 Å². The average Bonchev–Trinajstić information content (AvgIpc) is 2.75. The second kappa shape index (κ2) is 10.0. The molecule has 0 spiro atoms. The Hall–Kier alpha value is -3.46. The number of hydrogen-bond donors (Lipinski definition) is 2. The normalized spacial score (nSPS) is 14.2. The summed E-state index contributed by atoms with van der Waals surface area (Å²) in [5.74, 6) is -0.450. The van der Waals surface area contributed by atoms with E-state index in [1.54, 1.807) is 12.1 Å². The number of nitro benzene ring substituents is 1. The van der Waals surface area contributed by atoms with Crippen molar-refractivity contribution in [3.8, 4) is 0 Å². The van der Waals surface area contributed by atoms with E-state index in [1.807, 2.05) is 36.9 Å². The summed E-state index contributed by atoms with van der Waals surface area (Å²) in [5.41, 5.74) is 3.74. The van der Waals surface area contributed by atoms with E-state index in [4.69, 9.17) is 0 Å². The van der Waals surface area contributed by atoms with Crippen molar-refractivity contribution in [1.82, 2.24) is 10.2 Å². The van der Waals surface area contributed by atoms with Gasteiger partial charge in [-0.1, -0.05) is 18.2 Å². The zero-order valence-corrected chi connectivity index (χ0v) is 17.8. The van der Waals surface area contributed by atoms with Crippen LogP contribution >= 0.6 is 0 Å². The first-order chi connectivity index (χ1) is 14.8. The number of rotatable bonds is 7. The molecular formula is C22H27N5O4. The predicted molar refractivity (Wildman–Crippen MR) is 119 cm³/mol. The van der Waals surface area contributed by atoms with Crippen LogP contribution < -0.4 is 15.5 Å². The molecule has 1 aliphatic rings. The second-order valence-electron chi connectivity index (χ2n) is 7.63. The summed E-state index contributed by atoms with van der Waals surface area (Å²) in [6.07, 6.45) is 0. The number of aryl methyl sites for hydroxylation is 2. The fourth-order valence-corrected chi connectivity index (χ4v) is 3.58. The highest BCUT2D eigenvalue weighted by Crippen LogP contribution is 2.21. The third-order valence-electron chi connectivity index (χ3n) is 5.36. The van der Waals surface area contributed by atoms with Gasteiger partial charge in [-0.05, 0) is 37.1 Å². The number of non-ortho nitro benzene ring substituents is 1. The van der Waals surface area contributed by atoms with E-state index < -0.39 is 4.92 Å². The number of nitrogens with zero attached hydrogens (tertiary/aromatic N) is 3. The van der Waals surface area contributed by atoms with Gasteiger partial charge in [-0.2, -0.15) is 0 Å². The van der Waals surface area contributed by atoms with Crippen LogP contribution in [0.5, 0.6) is 0 Å². The van der Waals surface area contributed by atoms with Crippen LogP contribution in [-0.2, 0) is 9.59 Å². The third kappa shape index (κ3) is 6.02. The van der Waals surface area contributed by atoms with Gasteiger partial charge in [-0.25, -0.2) is 0 Å². The zero-order valence-electron chi connectivity index (χ0n) is 17.8. The molecule has 0 saturated carbocycles. The van der Waals surface area contributed by atoms with Crippen molar-refractivity contribution in [2.75, 3.05) is 49.5 Å². The highest BCUT2D eigenvalue weighted by molar-refractivity contribution is 5.95. The van der Waals surface area contributed by atoms with Gasteiger partial charge in [0.1, 0.15) is 0 Å². The fraction of sp³-hybridized carbons (Fsp3) is 0.364. The Bertz CT molecular complexity index is 933. The SMILES string of the molecule is Cc1cccc(C)c1NC(=O)CNC(=O)CN1CCN(c2ccc([N+](=O)[O-])cc2)CC1. The first-order valence-electron chi connectivity index (χ1n) is 10.2. The Morgan fingerprint density at radius 2 is 1.58 bits per heavy atom. The number of benzene rings is 2. The molecule has 31 heavy (non-hydrogen) atoms. The average molecular weight is 425 g/mol. The Morgan fingerprint density at radius 1 is 0.968 bits per heavy atom. The minimum Gasteiger partial charge on any atom is -0.369 e. The van der Waals surface area contributed by atoms with E-state index in [0.29, 0.717) is 13.1 Å². The van der Waals surface area contributed by atoms with Gasteiger partial charge < -0.3 is 15.5 Å². The van der Waals surface area contributed by atoms with E-state index in [-0.39, 0.29) is 30.6 Å². The molecule has 0 unspecified atom stereocenters. The molecule has 9 nitrogen and oxygen atoms in total. The van der Waals surface area contributed by atoms with Gasteiger partial charge in [0.15, 0.2) is 0 Å². The summed E-state index contributed by atoms with van der Waals surface area (Å²) in [7, 11) is 0.